The lowest BCUT2D eigenvalue weighted by Gasteiger charge is -2.23. The zero-order chi connectivity index (χ0) is 15.1. The van der Waals surface area contributed by atoms with Gasteiger partial charge in [-0.1, -0.05) is 30.3 Å². The van der Waals surface area contributed by atoms with Crippen LogP contribution in [-0.2, 0) is 6.54 Å². The number of nitrogens with zero attached hydrogens (tertiary/aromatic N) is 3. The average Bonchev–Trinajstić information content (AvgIpc) is 2.53. The molecular formula is C15H19BrN4O. The van der Waals surface area contributed by atoms with Crippen molar-refractivity contribution < 1.29 is 4.74 Å². The molecule has 2 rings (SSSR count). The summed E-state index contributed by atoms with van der Waals surface area (Å²) in [5.41, 5.74) is 6.84. The van der Waals surface area contributed by atoms with Crippen LogP contribution in [0.25, 0.3) is 0 Å². The fourth-order valence-electron chi connectivity index (χ4n) is 1.97. The monoisotopic (exact) mass is 350 g/mol. The Hall–Kier alpha value is -1.66. The van der Waals surface area contributed by atoms with Crippen molar-refractivity contribution in [3.05, 3.63) is 46.6 Å². The van der Waals surface area contributed by atoms with Crippen LogP contribution in [-0.4, -0.2) is 30.2 Å². The second kappa shape index (κ2) is 7.95. The van der Waals surface area contributed by atoms with Crippen LogP contribution in [0.5, 0.6) is 5.88 Å². The van der Waals surface area contributed by atoms with Crippen LogP contribution >= 0.6 is 15.9 Å². The highest BCUT2D eigenvalue weighted by Crippen LogP contribution is 2.24. The van der Waals surface area contributed by atoms with Crippen molar-refractivity contribution in [2.24, 2.45) is 5.73 Å². The molecule has 5 nitrogen and oxygen atoms in total. The molecule has 112 valence electrons. The maximum absolute atomic E-state index is 5.63. The summed E-state index contributed by atoms with van der Waals surface area (Å²) in [7, 11) is 1.60. The van der Waals surface area contributed by atoms with Crippen LogP contribution in [0, 0.1) is 0 Å². The first-order chi connectivity index (χ1) is 10.2. The van der Waals surface area contributed by atoms with Crippen LogP contribution in [0.1, 0.15) is 12.0 Å². The van der Waals surface area contributed by atoms with Crippen molar-refractivity contribution in [2.45, 2.75) is 13.0 Å². The first-order valence-corrected chi connectivity index (χ1v) is 7.59. The fourth-order valence-corrected chi connectivity index (χ4v) is 2.33. The van der Waals surface area contributed by atoms with Gasteiger partial charge in [-0.05, 0) is 34.5 Å². The minimum Gasteiger partial charge on any atom is -0.480 e. The molecule has 21 heavy (non-hydrogen) atoms. The van der Waals surface area contributed by atoms with Gasteiger partial charge in [-0.2, -0.15) is 4.98 Å². The maximum Gasteiger partial charge on any atom is 0.232 e. The summed E-state index contributed by atoms with van der Waals surface area (Å²) in [6.07, 6.45) is 2.59. The summed E-state index contributed by atoms with van der Waals surface area (Å²) in [5, 5.41) is 0. The molecule has 0 bridgehead atoms. The highest BCUT2D eigenvalue weighted by Gasteiger charge is 2.13. The van der Waals surface area contributed by atoms with Gasteiger partial charge in [-0.15, -0.1) is 0 Å². The molecule has 0 aliphatic rings. The van der Waals surface area contributed by atoms with Crippen LogP contribution in [0.2, 0.25) is 0 Å². The summed E-state index contributed by atoms with van der Waals surface area (Å²) in [6, 6.07) is 10.2. The van der Waals surface area contributed by atoms with Gasteiger partial charge in [0, 0.05) is 13.1 Å². The van der Waals surface area contributed by atoms with E-state index in [2.05, 4.69) is 42.9 Å². The van der Waals surface area contributed by atoms with Gasteiger partial charge in [0.25, 0.3) is 0 Å². The van der Waals surface area contributed by atoms with Crippen molar-refractivity contribution in [3.8, 4) is 5.88 Å². The number of aromatic nitrogens is 2. The molecule has 1 aromatic heterocycles. The van der Waals surface area contributed by atoms with Crippen molar-refractivity contribution in [3.63, 3.8) is 0 Å². The average molecular weight is 351 g/mol. The first-order valence-electron chi connectivity index (χ1n) is 6.80. The number of anilines is 1. The number of rotatable bonds is 7. The van der Waals surface area contributed by atoms with E-state index in [1.807, 2.05) is 18.2 Å². The molecule has 0 spiro atoms. The van der Waals surface area contributed by atoms with E-state index in [0.29, 0.717) is 18.4 Å². The van der Waals surface area contributed by atoms with Gasteiger partial charge in [-0.25, -0.2) is 4.98 Å². The molecule has 0 unspecified atom stereocenters. The predicted molar refractivity (Wildman–Crippen MR) is 87.4 cm³/mol. The Bertz CT molecular complexity index is 565. The topological polar surface area (TPSA) is 64.3 Å². The van der Waals surface area contributed by atoms with Gasteiger partial charge in [0.2, 0.25) is 11.8 Å². The summed E-state index contributed by atoms with van der Waals surface area (Å²) < 4.78 is 5.98. The molecular weight excluding hydrogens is 332 g/mol. The lowest BCUT2D eigenvalue weighted by molar-refractivity contribution is 0.393. The molecule has 2 aromatic rings. The van der Waals surface area contributed by atoms with Crippen LogP contribution in [0.15, 0.2) is 41.0 Å². The van der Waals surface area contributed by atoms with Crippen LogP contribution in [0.4, 0.5) is 5.95 Å². The molecule has 0 aliphatic carbocycles. The van der Waals surface area contributed by atoms with Crippen LogP contribution in [0.3, 0.4) is 0 Å². The molecule has 2 N–H and O–H groups in total. The van der Waals surface area contributed by atoms with Gasteiger partial charge in [0.05, 0.1) is 17.8 Å². The van der Waals surface area contributed by atoms with E-state index in [4.69, 9.17) is 10.5 Å². The lowest BCUT2D eigenvalue weighted by Crippen LogP contribution is -2.27. The Morgan fingerprint density at radius 2 is 2.05 bits per heavy atom. The second-order valence-corrected chi connectivity index (χ2v) is 5.43. The van der Waals surface area contributed by atoms with Crippen molar-refractivity contribution in [1.29, 1.82) is 0 Å². The van der Waals surface area contributed by atoms with Gasteiger partial charge in [0.15, 0.2) is 0 Å². The fraction of sp³-hybridized carbons (Fsp3) is 0.333. The molecule has 0 saturated heterocycles. The zero-order valence-corrected chi connectivity index (χ0v) is 13.6. The molecule has 0 saturated carbocycles. The minimum absolute atomic E-state index is 0.533. The predicted octanol–water partition coefficient (Wildman–Crippen LogP) is 2.60. The van der Waals surface area contributed by atoms with E-state index in [-0.39, 0.29) is 0 Å². The largest absolute Gasteiger partial charge is 0.480 e. The highest BCUT2D eigenvalue weighted by molar-refractivity contribution is 9.10. The number of benzene rings is 1. The van der Waals surface area contributed by atoms with Crippen molar-refractivity contribution >= 4 is 21.9 Å². The van der Waals surface area contributed by atoms with Crippen molar-refractivity contribution in [1.82, 2.24) is 9.97 Å². The highest BCUT2D eigenvalue weighted by atomic mass is 79.9. The number of halogens is 1. The van der Waals surface area contributed by atoms with Gasteiger partial charge in [0.1, 0.15) is 0 Å². The van der Waals surface area contributed by atoms with Gasteiger partial charge in [-0.3, -0.25) is 0 Å². The molecule has 1 aromatic carbocycles. The molecule has 0 amide bonds. The molecule has 0 fully saturated rings. The smallest absolute Gasteiger partial charge is 0.232 e. The number of hydrogen-bond acceptors (Lipinski definition) is 5. The van der Waals surface area contributed by atoms with E-state index >= 15 is 0 Å². The van der Waals surface area contributed by atoms with E-state index in [9.17, 15) is 0 Å². The summed E-state index contributed by atoms with van der Waals surface area (Å²) >= 11 is 3.37. The third kappa shape index (κ3) is 4.41. The molecule has 6 heteroatoms. The van der Waals surface area contributed by atoms with E-state index < -0.39 is 0 Å². The quantitative estimate of drug-likeness (QED) is 0.831. The molecule has 0 aliphatic heterocycles. The number of hydrogen-bond donors (Lipinski definition) is 1. The second-order valence-electron chi connectivity index (χ2n) is 4.58. The normalized spacial score (nSPS) is 10.4. The van der Waals surface area contributed by atoms with Gasteiger partial charge >= 0.3 is 0 Å². The lowest BCUT2D eigenvalue weighted by atomic mass is 10.2. The minimum atomic E-state index is 0.533. The Kier molecular flexibility index (Phi) is 5.95. The van der Waals surface area contributed by atoms with E-state index in [1.165, 1.54) is 5.56 Å². The number of ether oxygens (including phenoxy) is 1. The maximum atomic E-state index is 5.63. The Morgan fingerprint density at radius 1 is 1.29 bits per heavy atom. The summed E-state index contributed by atoms with van der Waals surface area (Å²) in [6.45, 7) is 2.18. The Balaban J connectivity index is 2.22. The number of nitrogens with two attached hydrogens (primary N) is 1. The van der Waals surface area contributed by atoms with Crippen LogP contribution < -0.4 is 15.4 Å². The SMILES string of the molecule is COc1nc(N(CCCN)Cc2ccccc2)ncc1Br. The van der Waals surface area contributed by atoms with Gasteiger partial charge < -0.3 is 15.4 Å². The molecule has 0 radical (unpaired) electrons. The summed E-state index contributed by atoms with van der Waals surface area (Å²) in [4.78, 5) is 10.9. The Morgan fingerprint density at radius 3 is 2.71 bits per heavy atom. The first kappa shape index (κ1) is 15.7. The zero-order valence-electron chi connectivity index (χ0n) is 12.0. The summed E-state index contributed by atoms with van der Waals surface area (Å²) in [5.74, 6) is 1.18. The Labute approximate surface area is 133 Å². The van der Waals surface area contributed by atoms with E-state index in [0.717, 1.165) is 24.0 Å². The number of methoxy groups -OCH3 is 1. The third-order valence-electron chi connectivity index (χ3n) is 3.02. The standard InChI is InChI=1S/C15H19BrN4O/c1-21-14-13(16)10-18-15(19-14)20(9-5-8-17)11-12-6-3-2-4-7-12/h2-4,6-7,10H,5,8-9,11,17H2,1H3. The molecule has 1 heterocycles. The molecule has 0 atom stereocenters. The van der Waals surface area contributed by atoms with E-state index in [1.54, 1.807) is 13.3 Å². The van der Waals surface area contributed by atoms with Crippen molar-refractivity contribution in [2.75, 3.05) is 25.1 Å². The third-order valence-corrected chi connectivity index (χ3v) is 3.57.